The summed E-state index contributed by atoms with van der Waals surface area (Å²) in [5.41, 5.74) is 1.55. The van der Waals surface area contributed by atoms with E-state index < -0.39 is 0 Å². The predicted molar refractivity (Wildman–Crippen MR) is 63.7 cm³/mol. The zero-order valence-electron chi connectivity index (χ0n) is 9.58. The Bertz CT molecular complexity index is 382. The largest absolute Gasteiger partial charge is 0.467 e. The number of nitrogens with zero attached hydrogens (tertiary/aromatic N) is 1. The highest BCUT2D eigenvalue weighted by Gasteiger charge is 2.17. The summed E-state index contributed by atoms with van der Waals surface area (Å²) in [4.78, 5) is 15.5. The van der Waals surface area contributed by atoms with Crippen molar-refractivity contribution in [3.63, 3.8) is 0 Å². The average Bonchev–Trinajstić information content (AvgIpc) is 2.27. The molecule has 4 nitrogen and oxygen atoms in total. The molecule has 0 bridgehead atoms. The molecule has 1 N–H and O–H groups in total. The summed E-state index contributed by atoms with van der Waals surface area (Å²) in [6, 6.07) is 3.13. The standard InChI is InChI=1S/C11H15ClN2O2/c1-4-8(11(15)16-3)14-9-5-6-10(12)13-7(9)2/h5-6,8,14H,4H2,1-3H3. The van der Waals surface area contributed by atoms with Gasteiger partial charge < -0.3 is 10.1 Å². The van der Waals surface area contributed by atoms with Gasteiger partial charge in [-0.2, -0.15) is 0 Å². The Morgan fingerprint density at radius 2 is 2.31 bits per heavy atom. The second kappa shape index (κ2) is 5.70. The van der Waals surface area contributed by atoms with Crippen LogP contribution in [0.25, 0.3) is 0 Å². The quantitative estimate of drug-likeness (QED) is 0.651. The molecule has 0 aromatic carbocycles. The van der Waals surface area contributed by atoms with Gasteiger partial charge in [0.05, 0.1) is 18.5 Å². The van der Waals surface area contributed by atoms with Gasteiger partial charge in [-0.1, -0.05) is 18.5 Å². The first-order valence-corrected chi connectivity index (χ1v) is 5.43. The van der Waals surface area contributed by atoms with Gasteiger partial charge in [-0.05, 0) is 25.5 Å². The molecule has 0 fully saturated rings. The number of aryl methyl sites for hydroxylation is 1. The lowest BCUT2D eigenvalue weighted by molar-refractivity contribution is -0.141. The SMILES string of the molecule is CCC(Nc1ccc(Cl)nc1C)C(=O)OC. The van der Waals surface area contributed by atoms with E-state index in [2.05, 4.69) is 10.3 Å². The van der Waals surface area contributed by atoms with Crippen molar-refractivity contribution < 1.29 is 9.53 Å². The fraction of sp³-hybridized carbons (Fsp3) is 0.455. The highest BCUT2D eigenvalue weighted by molar-refractivity contribution is 6.29. The van der Waals surface area contributed by atoms with Gasteiger partial charge in [-0.25, -0.2) is 9.78 Å². The van der Waals surface area contributed by atoms with Crippen molar-refractivity contribution in [3.8, 4) is 0 Å². The van der Waals surface area contributed by atoms with E-state index in [1.807, 2.05) is 13.8 Å². The molecule has 0 aliphatic carbocycles. The van der Waals surface area contributed by atoms with E-state index >= 15 is 0 Å². The van der Waals surface area contributed by atoms with Crippen LogP contribution in [0.3, 0.4) is 0 Å². The third-order valence-electron chi connectivity index (χ3n) is 2.28. The summed E-state index contributed by atoms with van der Waals surface area (Å²) >= 11 is 5.75. The van der Waals surface area contributed by atoms with Crippen LogP contribution in [0, 0.1) is 6.92 Å². The number of methoxy groups -OCH3 is 1. The number of carbonyl (C=O) groups is 1. The number of nitrogens with one attached hydrogen (secondary N) is 1. The molecule has 5 heteroatoms. The third-order valence-corrected chi connectivity index (χ3v) is 2.49. The third kappa shape index (κ3) is 3.10. The Kier molecular flexibility index (Phi) is 4.55. The van der Waals surface area contributed by atoms with E-state index in [0.29, 0.717) is 11.6 Å². The number of hydrogen-bond acceptors (Lipinski definition) is 4. The van der Waals surface area contributed by atoms with Gasteiger partial charge in [-0.3, -0.25) is 0 Å². The van der Waals surface area contributed by atoms with Crippen LogP contribution in [-0.4, -0.2) is 24.1 Å². The molecule has 0 aliphatic rings. The molecule has 0 amide bonds. The Morgan fingerprint density at radius 3 is 2.81 bits per heavy atom. The molecule has 0 saturated carbocycles. The number of rotatable bonds is 4. The molecular weight excluding hydrogens is 228 g/mol. The zero-order chi connectivity index (χ0) is 12.1. The van der Waals surface area contributed by atoms with Crippen LogP contribution < -0.4 is 5.32 Å². The summed E-state index contributed by atoms with van der Waals surface area (Å²) in [5, 5.41) is 3.52. The topological polar surface area (TPSA) is 51.2 Å². The second-order valence-electron chi connectivity index (χ2n) is 3.40. The van der Waals surface area contributed by atoms with Gasteiger partial charge in [0.2, 0.25) is 0 Å². The predicted octanol–water partition coefficient (Wildman–Crippen LogP) is 2.41. The molecule has 1 aromatic rings. The fourth-order valence-electron chi connectivity index (χ4n) is 1.34. The first-order chi connectivity index (χ1) is 7.58. The van der Waals surface area contributed by atoms with Crippen LogP contribution >= 0.6 is 11.6 Å². The number of pyridine rings is 1. The van der Waals surface area contributed by atoms with Gasteiger partial charge in [0, 0.05) is 0 Å². The smallest absolute Gasteiger partial charge is 0.328 e. The Balaban J connectivity index is 2.82. The van der Waals surface area contributed by atoms with Crippen molar-refractivity contribution in [2.75, 3.05) is 12.4 Å². The highest BCUT2D eigenvalue weighted by atomic mass is 35.5. The minimum Gasteiger partial charge on any atom is -0.467 e. The monoisotopic (exact) mass is 242 g/mol. The molecule has 16 heavy (non-hydrogen) atoms. The lowest BCUT2D eigenvalue weighted by atomic mass is 10.2. The Hall–Kier alpha value is -1.29. The molecule has 1 unspecified atom stereocenters. The number of halogens is 1. The van der Waals surface area contributed by atoms with Gasteiger partial charge in [0.15, 0.2) is 0 Å². The van der Waals surface area contributed by atoms with E-state index in [1.54, 1.807) is 12.1 Å². The summed E-state index contributed by atoms with van der Waals surface area (Å²) in [5.74, 6) is -0.281. The Morgan fingerprint density at radius 1 is 1.62 bits per heavy atom. The normalized spacial score (nSPS) is 12.0. The van der Waals surface area contributed by atoms with E-state index in [4.69, 9.17) is 16.3 Å². The van der Waals surface area contributed by atoms with Crippen LogP contribution in [0.1, 0.15) is 19.0 Å². The van der Waals surface area contributed by atoms with E-state index in [1.165, 1.54) is 7.11 Å². The number of anilines is 1. The number of carbonyl (C=O) groups excluding carboxylic acids is 1. The minimum absolute atomic E-state index is 0.281. The van der Waals surface area contributed by atoms with Crippen molar-refractivity contribution in [1.29, 1.82) is 0 Å². The molecule has 0 saturated heterocycles. The summed E-state index contributed by atoms with van der Waals surface area (Å²) < 4.78 is 4.69. The summed E-state index contributed by atoms with van der Waals surface area (Å²) in [7, 11) is 1.37. The van der Waals surface area contributed by atoms with E-state index in [9.17, 15) is 4.79 Å². The molecular formula is C11H15ClN2O2. The summed E-state index contributed by atoms with van der Waals surface area (Å²) in [6.07, 6.45) is 0.648. The van der Waals surface area contributed by atoms with E-state index in [0.717, 1.165) is 11.4 Å². The summed E-state index contributed by atoms with van der Waals surface area (Å²) in [6.45, 7) is 3.74. The maximum absolute atomic E-state index is 11.4. The molecule has 0 aliphatic heterocycles. The van der Waals surface area contributed by atoms with Crippen molar-refractivity contribution in [3.05, 3.63) is 23.0 Å². The number of hydrogen-bond donors (Lipinski definition) is 1. The molecule has 1 rings (SSSR count). The first kappa shape index (κ1) is 12.8. The van der Waals surface area contributed by atoms with Crippen LogP contribution in [0.4, 0.5) is 5.69 Å². The van der Waals surface area contributed by atoms with E-state index in [-0.39, 0.29) is 12.0 Å². The van der Waals surface area contributed by atoms with Crippen molar-refractivity contribution >= 4 is 23.3 Å². The maximum Gasteiger partial charge on any atom is 0.328 e. The number of aromatic nitrogens is 1. The maximum atomic E-state index is 11.4. The zero-order valence-corrected chi connectivity index (χ0v) is 10.3. The van der Waals surface area contributed by atoms with Crippen LogP contribution in [0.2, 0.25) is 5.15 Å². The lowest BCUT2D eigenvalue weighted by Gasteiger charge is -2.16. The molecule has 0 spiro atoms. The average molecular weight is 243 g/mol. The fourth-order valence-corrected chi connectivity index (χ4v) is 1.53. The minimum atomic E-state index is -0.355. The van der Waals surface area contributed by atoms with Gasteiger partial charge in [-0.15, -0.1) is 0 Å². The molecule has 0 radical (unpaired) electrons. The molecule has 1 aromatic heterocycles. The van der Waals surface area contributed by atoms with Crippen molar-refractivity contribution in [2.45, 2.75) is 26.3 Å². The highest BCUT2D eigenvalue weighted by Crippen LogP contribution is 2.17. The van der Waals surface area contributed by atoms with Gasteiger partial charge in [0.1, 0.15) is 11.2 Å². The second-order valence-corrected chi connectivity index (χ2v) is 3.78. The number of ether oxygens (including phenoxy) is 1. The van der Waals surface area contributed by atoms with Crippen LogP contribution in [0.5, 0.6) is 0 Å². The lowest BCUT2D eigenvalue weighted by Crippen LogP contribution is -2.30. The van der Waals surface area contributed by atoms with Gasteiger partial charge in [0.25, 0.3) is 0 Å². The van der Waals surface area contributed by atoms with Crippen molar-refractivity contribution in [2.24, 2.45) is 0 Å². The van der Waals surface area contributed by atoms with Crippen LogP contribution in [0.15, 0.2) is 12.1 Å². The first-order valence-electron chi connectivity index (χ1n) is 5.06. The number of esters is 1. The van der Waals surface area contributed by atoms with Crippen molar-refractivity contribution in [1.82, 2.24) is 4.98 Å². The Labute approximate surface area is 100.0 Å². The van der Waals surface area contributed by atoms with Gasteiger partial charge >= 0.3 is 5.97 Å². The molecule has 1 atom stereocenters. The molecule has 1 heterocycles. The van der Waals surface area contributed by atoms with Crippen LogP contribution in [-0.2, 0) is 9.53 Å². The molecule has 88 valence electrons.